The maximum atomic E-state index is 12.6. The average molecular weight is 304 g/mol. The minimum absolute atomic E-state index is 0.183. The van der Waals surface area contributed by atoms with Gasteiger partial charge < -0.3 is 9.67 Å². The molecule has 2 fully saturated rings. The molecule has 0 amide bonds. The molecule has 3 rings (SSSR count). The highest BCUT2D eigenvalue weighted by molar-refractivity contribution is 5.99. The maximum absolute atomic E-state index is 12.6. The molecular formula is C18H28N2O2. The van der Waals surface area contributed by atoms with Gasteiger partial charge in [0, 0.05) is 29.5 Å². The number of hydrogen-bond donors (Lipinski definition) is 1. The van der Waals surface area contributed by atoms with Crippen molar-refractivity contribution < 1.29 is 9.90 Å². The van der Waals surface area contributed by atoms with Gasteiger partial charge in [-0.15, -0.1) is 0 Å². The number of likely N-dealkylation sites (N-methyl/N-ethyl adjacent to an activating group) is 1. The van der Waals surface area contributed by atoms with Crippen molar-refractivity contribution in [2.45, 2.75) is 58.1 Å². The summed E-state index contributed by atoms with van der Waals surface area (Å²) in [5.74, 6) is 0.534. The van der Waals surface area contributed by atoms with E-state index in [9.17, 15) is 9.90 Å². The molecule has 2 aliphatic carbocycles. The highest BCUT2D eigenvalue weighted by Crippen LogP contribution is 2.38. The van der Waals surface area contributed by atoms with Crippen LogP contribution < -0.4 is 0 Å². The van der Waals surface area contributed by atoms with Crippen molar-refractivity contribution in [3.63, 3.8) is 0 Å². The summed E-state index contributed by atoms with van der Waals surface area (Å²) in [6.07, 6.45) is 5.39. The second-order valence-corrected chi connectivity index (χ2v) is 7.26. The van der Waals surface area contributed by atoms with Crippen LogP contribution >= 0.6 is 0 Å². The normalized spacial score (nSPS) is 25.1. The van der Waals surface area contributed by atoms with Gasteiger partial charge >= 0.3 is 0 Å². The van der Waals surface area contributed by atoms with Crippen molar-refractivity contribution in [1.82, 2.24) is 9.47 Å². The lowest BCUT2D eigenvalue weighted by molar-refractivity contribution is 0.0869. The Morgan fingerprint density at radius 3 is 2.64 bits per heavy atom. The van der Waals surface area contributed by atoms with Gasteiger partial charge in [0.15, 0.2) is 5.78 Å². The first-order valence-electron chi connectivity index (χ1n) is 8.55. The van der Waals surface area contributed by atoms with Crippen molar-refractivity contribution in [3.05, 3.63) is 23.0 Å². The number of rotatable bonds is 6. The molecule has 1 heterocycles. The van der Waals surface area contributed by atoms with Gasteiger partial charge in [0.2, 0.25) is 0 Å². The maximum Gasteiger partial charge on any atom is 0.178 e. The topological polar surface area (TPSA) is 45.5 Å². The number of Topliss-reactive ketones (excluding diaryl/α,β-unsaturated/α-hetero) is 1. The number of hydrogen-bond acceptors (Lipinski definition) is 3. The summed E-state index contributed by atoms with van der Waals surface area (Å²) in [5, 5.41) is 9.93. The molecule has 0 aliphatic heterocycles. The average Bonchev–Trinajstić information content (AvgIpc) is 3.13. The summed E-state index contributed by atoms with van der Waals surface area (Å²) in [6.45, 7) is 5.42. The Kier molecular flexibility index (Phi) is 4.42. The van der Waals surface area contributed by atoms with Gasteiger partial charge in [0.05, 0.1) is 12.6 Å². The van der Waals surface area contributed by atoms with Crippen LogP contribution in [-0.4, -0.2) is 46.6 Å². The highest BCUT2D eigenvalue weighted by Gasteiger charge is 2.29. The van der Waals surface area contributed by atoms with Crippen LogP contribution in [0.3, 0.4) is 0 Å². The lowest BCUT2D eigenvalue weighted by atomic mass is 10.1. The van der Waals surface area contributed by atoms with E-state index >= 15 is 0 Å². The number of carbonyl (C=O) groups excluding carboxylic acids is 1. The fourth-order valence-corrected chi connectivity index (χ4v) is 3.98. The number of aliphatic hydroxyl groups excluding tert-OH is 1. The van der Waals surface area contributed by atoms with Crippen LogP contribution in [0.5, 0.6) is 0 Å². The third-order valence-electron chi connectivity index (χ3n) is 5.28. The number of nitrogens with zero attached hydrogens (tertiary/aromatic N) is 2. The number of aliphatic hydroxyl groups is 1. The Labute approximate surface area is 133 Å². The third kappa shape index (κ3) is 3.13. The van der Waals surface area contributed by atoms with Crippen LogP contribution in [0.4, 0.5) is 0 Å². The Balaban J connectivity index is 1.63. The number of ketones is 1. The Morgan fingerprint density at radius 2 is 2.05 bits per heavy atom. The smallest absolute Gasteiger partial charge is 0.178 e. The molecule has 4 heteroatoms. The summed E-state index contributed by atoms with van der Waals surface area (Å²) < 4.78 is 2.33. The Morgan fingerprint density at radius 1 is 1.32 bits per heavy atom. The third-order valence-corrected chi connectivity index (χ3v) is 5.28. The largest absolute Gasteiger partial charge is 0.393 e. The van der Waals surface area contributed by atoms with E-state index in [4.69, 9.17) is 0 Å². The molecule has 22 heavy (non-hydrogen) atoms. The van der Waals surface area contributed by atoms with E-state index < -0.39 is 0 Å². The lowest BCUT2D eigenvalue weighted by Gasteiger charge is -2.22. The van der Waals surface area contributed by atoms with Gasteiger partial charge in [-0.05, 0) is 58.6 Å². The van der Waals surface area contributed by atoms with Crippen LogP contribution in [0.2, 0.25) is 0 Å². The number of aryl methyl sites for hydroxylation is 1. The van der Waals surface area contributed by atoms with E-state index in [1.807, 2.05) is 13.1 Å². The van der Waals surface area contributed by atoms with Gasteiger partial charge in [-0.25, -0.2) is 0 Å². The number of carbonyl (C=O) groups is 1. The zero-order valence-electron chi connectivity index (χ0n) is 14.0. The minimum Gasteiger partial charge on any atom is -0.393 e. The monoisotopic (exact) mass is 304 g/mol. The van der Waals surface area contributed by atoms with Crippen molar-refractivity contribution in [1.29, 1.82) is 0 Å². The van der Waals surface area contributed by atoms with E-state index in [0.717, 1.165) is 37.1 Å². The molecule has 1 N–H and O–H groups in total. The van der Waals surface area contributed by atoms with Crippen LogP contribution in [0, 0.1) is 19.8 Å². The summed E-state index contributed by atoms with van der Waals surface area (Å²) in [7, 11) is 1.99. The van der Waals surface area contributed by atoms with Crippen molar-refractivity contribution >= 4 is 5.78 Å². The first kappa shape index (κ1) is 15.8. The van der Waals surface area contributed by atoms with E-state index in [1.165, 1.54) is 18.5 Å². The van der Waals surface area contributed by atoms with Crippen molar-refractivity contribution in [2.24, 2.45) is 5.92 Å². The quantitative estimate of drug-likeness (QED) is 0.822. The molecule has 1 aromatic rings. The highest BCUT2D eigenvalue weighted by atomic mass is 16.3. The summed E-state index contributed by atoms with van der Waals surface area (Å²) in [4.78, 5) is 14.7. The van der Waals surface area contributed by atoms with E-state index in [0.29, 0.717) is 18.5 Å². The van der Waals surface area contributed by atoms with Gasteiger partial charge in [-0.3, -0.25) is 9.69 Å². The van der Waals surface area contributed by atoms with Gasteiger partial charge in [0.1, 0.15) is 0 Å². The first-order chi connectivity index (χ1) is 10.5. The van der Waals surface area contributed by atoms with E-state index in [1.54, 1.807) is 0 Å². The second-order valence-electron chi connectivity index (χ2n) is 7.26. The van der Waals surface area contributed by atoms with Crippen molar-refractivity contribution in [2.75, 3.05) is 20.1 Å². The van der Waals surface area contributed by atoms with Gasteiger partial charge in [0.25, 0.3) is 0 Å². The molecule has 0 saturated heterocycles. The standard InChI is InChI=1S/C18H28N2O2/c1-12-9-16(13(2)20(12)15-7-8-15)18(22)11-19(3)10-14-5-4-6-17(14)21/h9,14-15,17,21H,4-8,10-11H2,1-3H3. The predicted octanol–water partition coefficient (Wildman–Crippen LogP) is 2.72. The fourth-order valence-electron chi connectivity index (χ4n) is 3.98. The summed E-state index contributed by atoms with van der Waals surface area (Å²) in [5.41, 5.74) is 3.21. The Bertz CT molecular complexity index is 560. The molecular weight excluding hydrogens is 276 g/mol. The number of aromatic nitrogens is 1. The van der Waals surface area contributed by atoms with Crippen LogP contribution in [0.15, 0.2) is 6.07 Å². The fraction of sp³-hybridized carbons (Fsp3) is 0.722. The second kappa shape index (κ2) is 6.17. The molecule has 122 valence electrons. The molecule has 0 radical (unpaired) electrons. The molecule has 0 bridgehead atoms. The Hall–Kier alpha value is -1.13. The molecule has 2 aliphatic rings. The first-order valence-corrected chi connectivity index (χ1v) is 8.55. The van der Waals surface area contributed by atoms with E-state index in [-0.39, 0.29) is 11.9 Å². The van der Waals surface area contributed by atoms with E-state index in [2.05, 4.69) is 23.3 Å². The van der Waals surface area contributed by atoms with Gasteiger partial charge in [-0.1, -0.05) is 6.42 Å². The predicted molar refractivity (Wildman–Crippen MR) is 87.4 cm³/mol. The lowest BCUT2D eigenvalue weighted by Crippen LogP contribution is -2.33. The minimum atomic E-state index is -0.183. The molecule has 4 nitrogen and oxygen atoms in total. The molecule has 2 saturated carbocycles. The molecule has 1 aromatic heterocycles. The zero-order chi connectivity index (χ0) is 15.9. The molecule has 2 atom stereocenters. The zero-order valence-corrected chi connectivity index (χ0v) is 14.0. The van der Waals surface area contributed by atoms with Crippen LogP contribution in [-0.2, 0) is 0 Å². The summed E-state index contributed by atoms with van der Waals surface area (Å²) in [6, 6.07) is 2.67. The molecule has 0 spiro atoms. The van der Waals surface area contributed by atoms with Crippen molar-refractivity contribution in [3.8, 4) is 0 Å². The SMILES string of the molecule is Cc1cc(C(=O)CN(C)CC2CCCC2O)c(C)n1C1CC1. The molecule has 2 unspecified atom stereocenters. The molecule has 0 aromatic carbocycles. The summed E-state index contributed by atoms with van der Waals surface area (Å²) >= 11 is 0. The van der Waals surface area contributed by atoms with Crippen LogP contribution in [0.25, 0.3) is 0 Å². The van der Waals surface area contributed by atoms with Gasteiger partial charge in [-0.2, -0.15) is 0 Å². The van der Waals surface area contributed by atoms with Crippen LogP contribution in [0.1, 0.15) is 59.9 Å².